The van der Waals surface area contributed by atoms with Crippen LogP contribution >= 0.6 is 0 Å². The van der Waals surface area contributed by atoms with E-state index in [-0.39, 0.29) is 6.04 Å². The van der Waals surface area contributed by atoms with Crippen LogP contribution in [0.5, 0.6) is 5.75 Å². The van der Waals surface area contributed by atoms with Crippen molar-refractivity contribution < 1.29 is 22.7 Å². The normalized spacial score (nSPS) is 24.2. The third kappa shape index (κ3) is 3.09. The number of nitrogens with zero attached hydrogens (tertiary/aromatic N) is 2. The molecule has 126 valence electrons. The molecule has 0 saturated carbocycles. The van der Waals surface area contributed by atoms with Crippen LogP contribution in [0.25, 0.3) is 0 Å². The van der Waals surface area contributed by atoms with Crippen molar-refractivity contribution in [3.63, 3.8) is 0 Å². The number of benzene rings is 1. The van der Waals surface area contributed by atoms with Gasteiger partial charge >= 0.3 is 10.2 Å². The molecule has 0 radical (unpaired) electrons. The van der Waals surface area contributed by atoms with Crippen molar-refractivity contribution in [1.29, 1.82) is 0 Å². The monoisotopic (exact) mass is 344 g/mol. The molecule has 1 aromatic rings. The van der Waals surface area contributed by atoms with Gasteiger partial charge in [0, 0.05) is 25.7 Å². The van der Waals surface area contributed by atoms with Crippen LogP contribution in [0.1, 0.15) is 12.0 Å². The van der Waals surface area contributed by atoms with E-state index in [0.29, 0.717) is 23.0 Å². The molecule has 1 aromatic carbocycles. The van der Waals surface area contributed by atoms with E-state index in [9.17, 15) is 22.7 Å². The van der Waals surface area contributed by atoms with E-state index in [2.05, 4.69) is 0 Å². The van der Waals surface area contributed by atoms with Gasteiger partial charge in [0.15, 0.2) is 5.82 Å². The number of aromatic hydroxyl groups is 1. The summed E-state index contributed by atoms with van der Waals surface area (Å²) in [6.45, 7) is 1.31. The predicted octanol–water partition coefficient (Wildman–Crippen LogP) is -0.755. The summed E-state index contributed by atoms with van der Waals surface area (Å²) in [6, 6.07) is 2.55. The zero-order valence-electron chi connectivity index (χ0n) is 12.2. The fourth-order valence-electron chi connectivity index (χ4n) is 2.89. The standard InChI is InChI=1S/C13H17FN4O4S/c14-10-3-8(5-17-2-1-9(15)6-17)4-11(19)13(10)18-7-12(20)16-23(18,21)22/h3-4,9,19H,1-2,5-7,15H2,(H,16,20). The van der Waals surface area contributed by atoms with Crippen molar-refractivity contribution in [1.82, 2.24) is 9.62 Å². The molecule has 4 N–H and O–H groups in total. The molecule has 2 saturated heterocycles. The highest BCUT2D eigenvalue weighted by Crippen LogP contribution is 2.35. The zero-order chi connectivity index (χ0) is 16.8. The van der Waals surface area contributed by atoms with Crippen LogP contribution in [-0.4, -0.2) is 50.0 Å². The number of nitrogens with one attached hydrogen (secondary N) is 1. The average molecular weight is 344 g/mol. The molecule has 10 heteroatoms. The SMILES string of the molecule is NC1CCN(Cc2cc(O)c(N3CC(=O)NS3(=O)=O)c(F)c2)C1. The molecule has 0 bridgehead atoms. The van der Waals surface area contributed by atoms with Crippen LogP contribution in [0.2, 0.25) is 0 Å². The smallest absolute Gasteiger partial charge is 0.326 e. The number of phenols is 1. The maximum Gasteiger partial charge on any atom is 0.326 e. The molecule has 8 nitrogen and oxygen atoms in total. The van der Waals surface area contributed by atoms with Crippen LogP contribution in [0.4, 0.5) is 10.1 Å². The lowest BCUT2D eigenvalue weighted by Crippen LogP contribution is -2.30. The van der Waals surface area contributed by atoms with Gasteiger partial charge in [-0.15, -0.1) is 0 Å². The number of rotatable bonds is 3. The molecule has 2 aliphatic heterocycles. The summed E-state index contributed by atoms with van der Waals surface area (Å²) >= 11 is 0. The first-order valence-electron chi connectivity index (χ1n) is 7.09. The number of nitrogens with two attached hydrogens (primary N) is 1. The Labute approximate surface area is 132 Å². The molecule has 2 fully saturated rings. The van der Waals surface area contributed by atoms with Crippen molar-refractivity contribution in [3.05, 3.63) is 23.5 Å². The van der Waals surface area contributed by atoms with E-state index >= 15 is 0 Å². The number of amides is 1. The molecule has 2 aliphatic rings. The third-order valence-electron chi connectivity index (χ3n) is 3.89. The minimum Gasteiger partial charge on any atom is -0.506 e. The number of likely N-dealkylation sites (tertiary alicyclic amines) is 1. The molecule has 0 spiro atoms. The molecular weight excluding hydrogens is 327 g/mol. The Hall–Kier alpha value is -1.91. The van der Waals surface area contributed by atoms with E-state index in [1.54, 1.807) is 4.72 Å². The number of phenolic OH excluding ortho intramolecular Hbond substituents is 1. The Balaban J connectivity index is 1.88. The summed E-state index contributed by atoms with van der Waals surface area (Å²) in [5.74, 6) is -2.20. The summed E-state index contributed by atoms with van der Waals surface area (Å²) < 4.78 is 40.1. The molecule has 0 aliphatic carbocycles. The highest BCUT2D eigenvalue weighted by molar-refractivity contribution is 7.92. The van der Waals surface area contributed by atoms with E-state index < -0.39 is 39.9 Å². The number of halogens is 1. The van der Waals surface area contributed by atoms with Crippen molar-refractivity contribution in [2.75, 3.05) is 23.9 Å². The van der Waals surface area contributed by atoms with Gasteiger partial charge in [0.2, 0.25) is 0 Å². The number of anilines is 1. The van der Waals surface area contributed by atoms with Gasteiger partial charge in [0.1, 0.15) is 18.0 Å². The molecule has 1 atom stereocenters. The minimum absolute atomic E-state index is 0.0829. The minimum atomic E-state index is -4.17. The van der Waals surface area contributed by atoms with E-state index in [1.807, 2.05) is 4.90 Å². The number of carbonyl (C=O) groups excluding carboxylic acids is 1. The van der Waals surface area contributed by atoms with E-state index in [1.165, 1.54) is 6.07 Å². The molecule has 3 rings (SSSR count). The number of carbonyl (C=O) groups is 1. The third-order valence-corrected chi connectivity index (χ3v) is 5.27. The van der Waals surface area contributed by atoms with E-state index in [0.717, 1.165) is 19.0 Å². The van der Waals surface area contributed by atoms with Crippen molar-refractivity contribution >= 4 is 21.8 Å². The lowest BCUT2D eigenvalue weighted by molar-refractivity contribution is -0.117. The molecule has 0 aromatic heterocycles. The Morgan fingerprint density at radius 2 is 2.17 bits per heavy atom. The van der Waals surface area contributed by atoms with E-state index in [4.69, 9.17) is 5.73 Å². The molecule has 23 heavy (non-hydrogen) atoms. The number of hydrogen-bond donors (Lipinski definition) is 3. The summed E-state index contributed by atoms with van der Waals surface area (Å²) in [4.78, 5) is 13.3. The highest BCUT2D eigenvalue weighted by Gasteiger charge is 2.37. The molecule has 2 heterocycles. The average Bonchev–Trinajstić information content (AvgIpc) is 2.92. The summed E-state index contributed by atoms with van der Waals surface area (Å²) in [7, 11) is -4.17. The Kier molecular flexibility index (Phi) is 3.90. The van der Waals surface area contributed by atoms with Gasteiger partial charge in [-0.25, -0.2) is 13.4 Å². The summed E-state index contributed by atoms with van der Waals surface area (Å²) in [6.07, 6.45) is 0.854. The second kappa shape index (κ2) is 5.62. The Morgan fingerprint density at radius 1 is 1.43 bits per heavy atom. The van der Waals surface area contributed by atoms with Crippen LogP contribution in [0, 0.1) is 5.82 Å². The van der Waals surface area contributed by atoms with Crippen LogP contribution in [-0.2, 0) is 21.5 Å². The van der Waals surface area contributed by atoms with Gasteiger partial charge in [-0.3, -0.25) is 9.69 Å². The predicted molar refractivity (Wildman–Crippen MR) is 80.3 cm³/mol. The lowest BCUT2D eigenvalue weighted by atomic mass is 10.1. The quantitative estimate of drug-likeness (QED) is 0.664. The van der Waals surface area contributed by atoms with Crippen LogP contribution in [0.15, 0.2) is 12.1 Å². The Bertz CT molecular complexity index is 731. The summed E-state index contributed by atoms with van der Waals surface area (Å²) in [5, 5.41) is 10.0. The largest absolute Gasteiger partial charge is 0.506 e. The second-order valence-corrected chi connectivity index (χ2v) is 7.36. The fourth-order valence-corrected chi connectivity index (χ4v) is 4.06. The highest BCUT2D eigenvalue weighted by atomic mass is 32.2. The topological polar surface area (TPSA) is 116 Å². The van der Waals surface area contributed by atoms with Crippen molar-refractivity contribution in [2.24, 2.45) is 5.73 Å². The van der Waals surface area contributed by atoms with Gasteiger partial charge in [-0.2, -0.15) is 8.42 Å². The molecule has 1 amide bonds. The fraction of sp³-hybridized carbons (Fsp3) is 0.462. The maximum absolute atomic E-state index is 14.3. The first kappa shape index (κ1) is 16.0. The second-order valence-electron chi connectivity index (χ2n) is 5.77. The lowest BCUT2D eigenvalue weighted by Gasteiger charge is -2.19. The van der Waals surface area contributed by atoms with Crippen LogP contribution in [0.3, 0.4) is 0 Å². The van der Waals surface area contributed by atoms with Gasteiger partial charge in [0.05, 0.1) is 0 Å². The van der Waals surface area contributed by atoms with Gasteiger partial charge < -0.3 is 10.8 Å². The van der Waals surface area contributed by atoms with Gasteiger partial charge in [-0.05, 0) is 24.1 Å². The summed E-state index contributed by atoms with van der Waals surface area (Å²) in [5.41, 5.74) is 5.80. The molecular formula is C13H17FN4O4S. The molecule has 1 unspecified atom stereocenters. The zero-order valence-corrected chi connectivity index (χ0v) is 13.0. The Morgan fingerprint density at radius 3 is 2.70 bits per heavy atom. The maximum atomic E-state index is 14.3. The van der Waals surface area contributed by atoms with Gasteiger partial charge in [-0.1, -0.05) is 0 Å². The number of hydrogen-bond acceptors (Lipinski definition) is 6. The van der Waals surface area contributed by atoms with Gasteiger partial charge in [0.25, 0.3) is 5.91 Å². The first-order chi connectivity index (χ1) is 10.8. The first-order valence-corrected chi connectivity index (χ1v) is 8.53. The van der Waals surface area contributed by atoms with Crippen molar-refractivity contribution in [2.45, 2.75) is 19.0 Å². The van der Waals surface area contributed by atoms with Crippen molar-refractivity contribution in [3.8, 4) is 5.75 Å². The van der Waals surface area contributed by atoms with Crippen LogP contribution < -0.4 is 14.8 Å².